The van der Waals surface area contributed by atoms with Gasteiger partial charge in [0.15, 0.2) is 11.5 Å². The minimum absolute atomic E-state index is 0.00959. The number of carbonyl (C=O) groups is 1. The summed E-state index contributed by atoms with van der Waals surface area (Å²) in [6.45, 7) is 0. The lowest BCUT2D eigenvalue weighted by molar-refractivity contribution is -0.133. The number of hydrogen-bond donors (Lipinski definition) is 0. The van der Waals surface area contributed by atoms with Gasteiger partial charge in [0, 0.05) is 5.02 Å². The summed E-state index contributed by atoms with van der Waals surface area (Å²) in [5, 5.41) is 0.727. The maximum atomic E-state index is 12.1. The van der Waals surface area contributed by atoms with Crippen LogP contribution in [-0.2, 0) is 11.2 Å². The van der Waals surface area contributed by atoms with Crippen LogP contribution in [0.2, 0.25) is 10.0 Å². The molecule has 0 saturated heterocycles. The van der Waals surface area contributed by atoms with Crippen LogP contribution in [0.1, 0.15) is 5.56 Å². The predicted octanol–water partition coefficient (Wildman–Crippen LogP) is 4.17. The number of carbonyl (C=O) groups excluding carboxylic acids is 1. The molecule has 2 rings (SSSR count). The Kier molecular flexibility index (Phi) is 6.17. The Labute approximate surface area is 150 Å². The minimum atomic E-state index is -0.478. The van der Waals surface area contributed by atoms with Gasteiger partial charge in [-0.15, -0.1) is 0 Å². The van der Waals surface area contributed by atoms with E-state index >= 15 is 0 Å². The fourth-order valence-corrected chi connectivity index (χ4v) is 2.57. The third-order valence-corrected chi connectivity index (χ3v) is 3.72. The molecule has 24 heavy (non-hydrogen) atoms. The smallest absolute Gasteiger partial charge is 0.315 e. The minimum Gasteiger partial charge on any atom is -0.493 e. The highest BCUT2D eigenvalue weighted by atomic mass is 35.5. The highest BCUT2D eigenvalue weighted by Gasteiger charge is 2.16. The van der Waals surface area contributed by atoms with Gasteiger partial charge in [-0.3, -0.25) is 4.79 Å². The number of hydrogen-bond acceptors (Lipinski definition) is 5. The largest absolute Gasteiger partial charge is 0.493 e. The fraction of sp³-hybridized carbons (Fsp3) is 0.235. The van der Waals surface area contributed by atoms with E-state index in [0.717, 1.165) is 0 Å². The maximum Gasteiger partial charge on any atom is 0.315 e. The zero-order valence-corrected chi connectivity index (χ0v) is 14.9. The monoisotopic (exact) mass is 370 g/mol. The third kappa shape index (κ3) is 4.24. The van der Waals surface area contributed by atoms with Crippen LogP contribution in [0, 0.1) is 0 Å². The average molecular weight is 371 g/mol. The van der Waals surface area contributed by atoms with Crippen molar-refractivity contribution in [2.75, 3.05) is 21.3 Å². The highest BCUT2D eigenvalue weighted by Crippen LogP contribution is 2.38. The second-order valence-corrected chi connectivity index (χ2v) is 5.60. The summed E-state index contributed by atoms with van der Waals surface area (Å²) in [5.74, 6) is 1.15. The molecule has 0 fully saturated rings. The molecule has 0 bridgehead atoms. The highest BCUT2D eigenvalue weighted by molar-refractivity contribution is 6.35. The molecule has 0 amide bonds. The first kappa shape index (κ1) is 18.2. The van der Waals surface area contributed by atoms with Gasteiger partial charge in [0.05, 0.1) is 32.8 Å². The van der Waals surface area contributed by atoms with Gasteiger partial charge >= 0.3 is 5.97 Å². The molecule has 5 nitrogen and oxygen atoms in total. The van der Waals surface area contributed by atoms with Crippen LogP contribution in [0.15, 0.2) is 30.3 Å². The van der Waals surface area contributed by atoms with Crippen LogP contribution < -0.4 is 18.9 Å². The molecule has 0 saturated carbocycles. The van der Waals surface area contributed by atoms with Crippen LogP contribution in [-0.4, -0.2) is 27.3 Å². The van der Waals surface area contributed by atoms with E-state index in [1.807, 2.05) is 0 Å². The van der Waals surface area contributed by atoms with Crippen LogP contribution >= 0.6 is 23.2 Å². The van der Waals surface area contributed by atoms with Crippen molar-refractivity contribution in [2.45, 2.75) is 6.42 Å². The molecular formula is C17H16Cl2O5. The van der Waals surface area contributed by atoms with Crippen molar-refractivity contribution >= 4 is 29.2 Å². The lowest BCUT2D eigenvalue weighted by Gasteiger charge is -2.14. The number of esters is 1. The van der Waals surface area contributed by atoms with E-state index in [1.165, 1.54) is 33.5 Å². The number of benzene rings is 2. The van der Waals surface area contributed by atoms with Crippen LogP contribution in [0.25, 0.3) is 0 Å². The van der Waals surface area contributed by atoms with Crippen molar-refractivity contribution in [3.8, 4) is 23.0 Å². The lowest BCUT2D eigenvalue weighted by Crippen LogP contribution is -2.12. The van der Waals surface area contributed by atoms with E-state index in [9.17, 15) is 4.79 Å². The van der Waals surface area contributed by atoms with E-state index in [4.69, 9.17) is 42.1 Å². The van der Waals surface area contributed by atoms with Gasteiger partial charge in [-0.25, -0.2) is 0 Å². The van der Waals surface area contributed by atoms with E-state index in [2.05, 4.69) is 0 Å². The summed E-state index contributed by atoms with van der Waals surface area (Å²) in [4.78, 5) is 12.1. The molecule has 0 atom stereocenters. The zero-order valence-electron chi connectivity index (χ0n) is 13.4. The van der Waals surface area contributed by atoms with Crippen LogP contribution in [0.3, 0.4) is 0 Å². The molecule has 2 aromatic carbocycles. The fourth-order valence-electron chi connectivity index (χ4n) is 2.12. The molecule has 0 aliphatic carbocycles. The van der Waals surface area contributed by atoms with Gasteiger partial charge in [-0.05, 0) is 35.9 Å². The molecule has 0 radical (unpaired) electrons. The quantitative estimate of drug-likeness (QED) is 0.564. The van der Waals surface area contributed by atoms with E-state index in [0.29, 0.717) is 27.8 Å². The molecule has 2 aromatic rings. The zero-order chi connectivity index (χ0) is 17.7. The molecule has 0 aliphatic rings. The predicted molar refractivity (Wildman–Crippen MR) is 91.9 cm³/mol. The van der Waals surface area contributed by atoms with E-state index < -0.39 is 5.97 Å². The van der Waals surface area contributed by atoms with Gasteiger partial charge in [0.2, 0.25) is 5.75 Å². The second-order valence-electron chi connectivity index (χ2n) is 4.76. The number of halogens is 2. The Morgan fingerprint density at radius 2 is 1.54 bits per heavy atom. The Hall–Kier alpha value is -2.11. The van der Waals surface area contributed by atoms with Crippen molar-refractivity contribution in [2.24, 2.45) is 0 Å². The normalized spacial score (nSPS) is 10.2. The Bertz CT molecular complexity index is 721. The van der Waals surface area contributed by atoms with Crippen molar-refractivity contribution in [1.29, 1.82) is 0 Å². The van der Waals surface area contributed by atoms with Crippen molar-refractivity contribution in [1.82, 2.24) is 0 Å². The van der Waals surface area contributed by atoms with Crippen LogP contribution in [0.5, 0.6) is 23.0 Å². The first-order valence-electron chi connectivity index (χ1n) is 6.93. The average Bonchev–Trinajstić information content (AvgIpc) is 2.56. The van der Waals surface area contributed by atoms with Crippen molar-refractivity contribution in [3.05, 3.63) is 45.9 Å². The van der Waals surface area contributed by atoms with E-state index in [-0.39, 0.29) is 17.2 Å². The number of rotatable bonds is 6. The van der Waals surface area contributed by atoms with Gasteiger partial charge in [-0.1, -0.05) is 23.2 Å². The summed E-state index contributed by atoms with van der Waals surface area (Å²) in [6.07, 6.45) is 0.00959. The molecule has 0 aliphatic heterocycles. The van der Waals surface area contributed by atoms with Crippen LogP contribution in [0.4, 0.5) is 0 Å². The molecule has 128 valence electrons. The Balaban J connectivity index is 2.19. The van der Waals surface area contributed by atoms with Gasteiger partial charge in [0.25, 0.3) is 0 Å². The summed E-state index contributed by atoms with van der Waals surface area (Å²) >= 11 is 11.8. The molecule has 7 heteroatoms. The number of ether oxygens (including phenoxy) is 4. The van der Waals surface area contributed by atoms with Gasteiger partial charge in [-0.2, -0.15) is 0 Å². The van der Waals surface area contributed by atoms with Gasteiger partial charge < -0.3 is 18.9 Å². The molecule has 0 unspecified atom stereocenters. The topological polar surface area (TPSA) is 54.0 Å². The summed E-state index contributed by atoms with van der Waals surface area (Å²) < 4.78 is 21.0. The summed E-state index contributed by atoms with van der Waals surface area (Å²) in [7, 11) is 4.52. The van der Waals surface area contributed by atoms with Crippen molar-refractivity contribution < 1.29 is 23.7 Å². The Morgan fingerprint density at radius 1 is 0.917 bits per heavy atom. The Morgan fingerprint density at radius 3 is 2.04 bits per heavy atom. The molecule has 0 N–H and O–H groups in total. The summed E-state index contributed by atoms with van der Waals surface area (Å²) in [6, 6.07) is 8.01. The summed E-state index contributed by atoms with van der Waals surface area (Å²) in [5.41, 5.74) is 0.652. The first-order chi connectivity index (χ1) is 11.5. The van der Waals surface area contributed by atoms with E-state index in [1.54, 1.807) is 18.2 Å². The molecule has 0 spiro atoms. The SMILES string of the molecule is COc1cc(CC(=O)Oc2ccc(Cl)cc2Cl)cc(OC)c1OC. The lowest BCUT2D eigenvalue weighted by atomic mass is 10.1. The molecule has 0 heterocycles. The first-order valence-corrected chi connectivity index (χ1v) is 7.68. The van der Waals surface area contributed by atoms with Crippen molar-refractivity contribution in [3.63, 3.8) is 0 Å². The third-order valence-electron chi connectivity index (χ3n) is 3.19. The maximum absolute atomic E-state index is 12.1. The van der Waals surface area contributed by atoms with Gasteiger partial charge in [0.1, 0.15) is 5.75 Å². The standard InChI is InChI=1S/C17H16Cl2O5/c1-21-14-6-10(7-15(22-2)17(14)23-3)8-16(20)24-13-5-4-11(18)9-12(13)19/h4-7,9H,8H2,1-3H3. The number of methoxy groups -OCH3 is 3. The molecule has 0 aromatic heterocycles. The molecular weight excluding hydrogens is 355 g/mol. The second kappa shape index (κ2) is 8.13.